The maximum atomic E-state index is 6.02. The summed E-state index contributed by atoms with van der Waals surface area (Å²) in [6.07, 6.45) is 12.1. The molecule has 4 aromatic heterocycles. The van der Waals surface area contributed by atoms with E-state index in [0.29, 0.717) is 12.4 Å². The highest BCUT2D eigenvalue weighted by molar-refractivity contribution is 5.53. The number of imidazole rings is 1. The molecule has 1 saturated carbocycles. The normalized spacial score (nSPS) is 17.6. The molecule has 1 atom stereocenters. The van der Waals surface area contributed by atoms with Gasteiger partial charge in [0.1, 0.15) is 29.4 Å². The molecule has 2 aliphatic rings. The maximum absolute atomic E-state index is 6.02. The molecule has 0 aromatic carbocycles. The second-order valence-electron chi connectivity index (χ2n) is 8.38. The summed E-state index contributed by atoms with van der Waals surface area (Å²) < 4.78 is 2.12. The predicted molar refractivity (Wildman–Crippen MR) is 120 cm³/mol. The van der Waals surface area contributed by atoms with Crippen molar-refractivity contribution in [1.29, 1.82) is 0 Å². The van der Waals surface area contributed by atoms with Gasteiger partial charge in [-0.3, -0.25) is 0 Å². The van der Waals surface area contributed by atoms with Gasteiger partial charge in [-0.15, -0.1) is 0 Å². The zero-order chi connectivity index (χ0) is 20.8. The summed E-state index contributed by atoms with van der Waals surface area (Å²) in [5.74, 6) is 2.92. The summed E-state index contributed by atoms with van der Waals surface area (Å²) in [5, 5.41) is 6.88. The Hall–Kier alpha value is -3.68. The van der Waals surface area contributed by atoms with Gasteiger partial charge in [0, 0.05) is 24.7 Å². The van der Waals surface area contributed by atoms with Crippen LogP contribution >= 0.6 is 0 Å². The Kier molecular flexibility index (Phi) is 4.22. The molecule has 1 unspecified atom stereocenters. The topological polar surface area (TPSA) is 106 Å². The van der Waals surface area contributed by atoms with Gasteiger partial charge in [0.05, 0.1) is 18.3 Å². The van der Waals surface area contributed by atoms with Crippen LogP contribution in [0, 0.1) is 0 Å². The number of aromatic nitrogens is 5. The third-order valence-electron chi connectivity index (χ3n) is 6.20. The Bertz CT molecular complexity index is 1260. The fraction of sp³-hybridized carbons (Fsp3) is 0.304. The fourth-order valence-electron chi connectivity index (χ4n) is 4.41. The van der Waals surface area contributed by atoms with Crippen LogP contribution in [-0.2, 0) is 13.0 Å². The van der Waals surface area contributed by atoms with E-state index in [2.05, 4.69) is 54.5 Å². The highest BCUT2D eigenvalue weighted by Gasteiger charge is 2.25. The zero-order valence-electron chi connectivity index (χ0n) is 17.1. The lowest BCUT2D eigenvalue weighted by atomic mass is 10.1. The van der Waals surface area contributed by atoms with E-state index in [4.69, 9.17) is 10.7 Å². The Morgan fingerprint density at radius 3 is 2.84 bits per heavy atom. The van der Waals surface area contributed by atoms with Crippen molar-refractivity contribution < 1.29 is 0 Å². The van der Waals surface area contributed by atoms with Crippen molar-refractivity contribution in [3.8, 4) is 0 Å². The fourth-order valence-corrected chi connectivity index (χ4v) is 4.41. The van der Waals surface area contributed by atoms with Crippen LogP contribution in [0.4, 0.5) is 17.5 Å². The Labute approximate surface area is 180 Å². The van der Waals surface area contributed by atoms with Crippen molar-refractivity contribution >= 4 is 23.1 Å². The summed E-state index contributed by atoms with van der Waals surface area (Å²) in [5.41, 5.74) is 11.7. The van der Waals surface area contributed by atoms with Gasteiger partial charge in [-0.25, -0.2) is 19.9 Å². The van der Waals surface area contributed by atoms with Crippen LogP contribution in [0.3, 0.4) is 0 Å². The molecule has 0 bridgehead atoms. The van der Waals surface area contributed by atoms with E-state index in [1.54, 1.807) is 12.5 Å². The Morgan fingerprint density at radius 1 is 1.03 bits per heavy atom. The molecule has 8 heteroatoms. The molecule has 4 N–H and O–H groups in total. The van der Waals surface area contributed by atoms with Crippen LogP contribution < -0.4 is 16.4 Å². The number of rotatable bonds is 6. The molecule has 0 amide bonds. The molecular formula is C23H24N8. The first-order valence-electron chi connectivity index (χ1n) is 10.8. The molecule has 4 heterocycles. The van der Waals surface area contributed by atoms with Gasteiger partial charge in [0.25, 0.3) is 0 Å². The quantitative estimate of drug-likeness (QED) is 0.443. The molecule has 0 saturated heterocycles. The molecule has 1 fully saturated rings. The lowest BCUT2D eigenvalue weighted by Gasteiger charge is -2.15. The van der Waals surface area contributed by atoms with Gasteiger partial charge in [-0.05, 0) is 60.4 Å². The molecule has 0 aliphatic heterocycles. The van der Waals surface area contributed by atoms with Gasteiger partial charge in [-0.2, -0.15) is 0 Å². The summed E-state index contributed by atoms with van der Waals surface area (Å²) in [6, 6.07) is 8.45. The van der Waals surface area contributed by atoms with Crippen molar-refractivity contribution in [1.82, 2.24) is 24.3 Å². The third-order valence-corrected chi connectivity index (χ3v) is 6.20. The highest BCUT2D eigenvalue weighted by atomic mass is 15.1. The van der Waals surface area contributed by atoms with E-state index < -0.39 is 0 Å². The predicted octanol–water partition coefficient (Wildman–Crippen LogP) is 3.69. The van der Waals surface area contributed by atoms with Crippen LogP contribution in [0.25, 0.3) is 5.65 Å². The minimum atomic E-state index is 0.183. The van der Waals surface area contributed by atoms with Gasteiger partial charge in [0.2, 0.25) is 0 Å². The van der Waals surface area contributed by atoms with Crippen molar-refractivity contribution in [3.05, 3.63) is 71.6 Å². The van der Waals surface area contributed by atoms with Crippen molar-refractivity contribution in [2.45, 2.75) is 44.2 Å². The minimum absolute atomic E-state index is 0.183. The van der Waals surface area contributed by atoms with Crippen molar-refractivity contribution in [2.75, 3.05) is 16.4 Å². The number of nitrogens with two attached hydrogens (primary N) is 1. The lowest BCUT2D eigenvalue weighted by molar-refractivity contribution is 0.756. The molecule has 4 aromatic rings. The van der Waals surface area contributed by atoms with Gasteiger partial charge < -0.3 is 20.8 Å². The van der Waals surface area contributed by atoms with Crippen molar-refractivity contribution in [3.63, 3.8) is 0 Å². The smallest absolute Gasteiger partial charge is 0.137 e. The number of anilines is 3. The number of hydrogen-bond acceptors (Lipinski definition) is 7. The van der Waals surface area contributed by atoms with E-state index in [9.17, 15) is 0 Å². The van der Waals surface area contributed by atoms with E-state index >= 15 is 0 Å². The number of pyridine rings is 2. The first-order chi connectivity index (χ1) is 15.2. The minimum Gasteiger partial charge on any atom is -0.383 e. The van der Waals surface area contributed by atoms with E-state index in [1.807, 2.05) is 12.1 Å². The van der Waals surface area contributed by atoms with Gasteiger partial charge in [0.15, 0.2) is 0 Å². The Morgan fingerprint density at radius 2 is 1.94 bits per heavy atom. The van der Waals surface area contributed by atoms with Crippen molar-refractivity contribution in [2.24, 2.45) is 0 Å². The Balaban J connectivity index is 1.14. The molecule has 156 valence electrons. The van der Waals surface area contributed by atoms with E-state index in [1.165, 1.54) is 24.0 Å². The van der Waals surface area contributed by atoms with Gasteiger partial charge >= 0.3 is 0 Å². The molecule has 2 aliphatic carbocycles. The summed E-state index contributed by atoms with van der Waals surface area (Å²) in [4.78, 5) is 17.7. The molecule has 6 rings (SSSR count). The van der Waals surface area contributed by atoms with Crippen LogP contribution in [-0.4, -0.2) is 24.3 Å². The molecule has 0 radical (unpaired) electrons. The molecule has 8 nitrogen and oxygen atoms in total. The van der Waals surface area contributed by atoms with Gasteiger partial charge in [-0.1, -0.05) is 6.07 Å². The van der Waals surface area contributed by atoms with Crippen LogP contribution in [0.5, 0.6) is 0 Å². The second-order valence-corrected chi connectivity index (χ2v) is 8.38. The zero-order valence-corrected chi connectivity index (χ0v) is 17.1. The monoisotopic (exact) mass is 412 g/mol. The number of hydrogen-bond donors (Lipinski definition) is 3. The number of nitrogen functional groups attached to an aromatic ring is 1. The van der Waals surface area contributed by atoms with Crippen LogP contribution in [0.2, 0.25) is 0 Å². The number of nitrogens with zero attached hydrogens (tertiary/aromatic N) is 5. The first kappa shape index (κ1) is 18.1. The van der Waals surface area contributed by atoms with E-state index in [-0.39, 0.29) is 6.04 Å². The second kappa shape index (κ2) is 7.23. The first-order valence-corrected chi connectivity index (χ1v) is 10.8. The number of fused-ring (bicyclic) bond motifs is 2. The summed E-state index contributed by atoms with van der Waals surface area (Å²) in [7, 11) is 0. The third kappa shape index (κ3) is 3.54. The lowest BCUT2D eigenvalue weighted by Crippen LogP contribution is -2.10. The largest absolute Gasteiger partial charge is 0.383 e. The van der Waals surface area contributed by atoms with Crippen LogP contribution in [0.1, 0.15) is 53.6 Å². The standard InChI is InChI=1S/C23H24N8/c24-23-18-4-5-19(17(18)7-8-25-23)30-21-9-20(27-13-28-21)26-10-16-12-31-11-15(14-1-2-14)3-6-22(31)29-16/h3,6-9,11-14,19H,1-2,4-5,10H2,(H2,24,25)(H2,26,27,28,30). The summed E-state index contributed by atoms with van der Waals surface area (Å²) in [6.45, 7) is 0.603. The summed E-state index contributed by atoms with van der Waals surface area (Å²) >= 11 is 0. The van der Waals surface area contributed by atoms with Crippen LogP contribution in [0.15, 0.2) is 49.2 Å². The maximum Gasteiger partial charge on any atom is 0.137 e. The average Bonchev–Trinajstić information content (AvgIpc) is 3.43. The molecule has 0 spiro atoms. The van der Waals surface area contributed by atoms with E-state index in [0.717, 1.165) is 47.3 Å². The molecule has 31 heavy (non-hydrogen) atoms. The molecular weight excluding hydrogens is 388 g/mol. The average molecular weight is 413 g/mol. The SMILES string of the molecule is Nc1nccc2c1CCC2Nc1cc(NCc2cn3cc(C4CC4)ccc3n2)ncn1. The highest BCUT2D eigenvalue weighted by Crippen LogP contribution is 2.40. The number of nitrogens with one attached hydrogen (secondary N) is 2.